The predicted octanol–water partition coefficient (Wildman–Crippen LogP) is 2.46. The lowest BCUT2D eigenvalue weighted by Gasteiger charge is -2.28. The Morgan fingerprint density at radius 2 is 1.85 bits per heavy atom. The molecule has 1 N–H and O–H groups in total. The molecule has 1 atom stereocenters. The number of nitrogens with one attached hydrogen (secondary N) is 1. The average Bonchev–Trinajstić information content (AvgIpc) is 2.68. The van der Waals surface area contributed by atoms with Crippen LogP contribution in [-0.2, 0) is 19.1 Å². The number of hydrogen-bond donors (Lipinski definition) is 1. The van der Waals surface area contributed by atoms with Crippen LogP contribution in [0, 0.1) is 0 Å². The number of benzene rings is 1. The highest BCUT2D eigenvalue weighted by Crippen LogP contribution is 2.22. The summed E-state index contributed by atoms with van der Waals surface area (Å²) < 4.78 is 16.5. The van der Waals surface area contributed by atoms with Crippen LogP contribution >= 0.6 is 0 Å². The zero-order valence-electron chi connectivity index (χ0n) is 16.5. The summed E-state index contributed by atoms with van der Waals surface area (Å²) in [6.45, 7) is 8.52. The monoisotopic (exact) mass is 378 g/mol. The Morgan fingerprint density at radius 1 is 1.19 bits per heavy atom. The van der Waals surface area contributed by atoms with E-state index in [1.54, 1.807) is 29.2 Å². The number of amides is 2. The highest BCUT2D eigenvalue weighted by atomic mass is 16.5. The van der Waals surface area contributed by atoms with Crippen LogP contribution in [0.4, 0.5) is 5.69 Å². The van der Waals surface area contributed by atoms with E-state index in [0.717, 1.165) is 6.42 Å². The summed E-state index contributed by atoms with van der Waals surface area (Å²) in [7, 11) is 0. The third kappa shape index (κ3) is 6.22. The van der Waals surface area contributed by atoms with Crippen LogP contribution in [-0.4, -0.2) is 61.8 Å². The van der Waals surface area contributed by atoms with E-state index in [4.69, 9.17) is 14.2 Å². The lowest BCUT2D eigenvalue weighted by Crippen LogP contribution is -2.43. The van der Waals surface area contributed by atoms with Crippen molar-refractivity contribution in [3.63, 3.8) is 0 Å². The molecule has 0 aromatic heterocycles. The second kappa shape index (κ2) is 10.3. The summed E-state index contributed by atoms with van der Waals surface area (Å²) in [5, 5.41) is 2.89. The van der Waals surface area contributed by atoms with Crippen molar-refractivity contribution in [3.05, 3.63) is 24.3 Å². The van der Waals surface area contributed by atoms with Gasteiger partial charge in [0.25, 0.3) is 11.8 Å². The van der Waals surface area contributed by atoms with Crippen molar-refractivity contribution < 1.29 is 23.8 Å². The Balaban J connectivity index is 1.86. The molecule has 2 amide bonds. The standard InChI is InChI=1S/C20H30N2O5/c1-4-10-20(3,27-5-2)19(24)21-16-6-8-17(9-7-16)26-15-18(23)22-11-13-25-14-12-22/h6-9H,4-5,10-15H2,1-3H3,(H,21,24)/t20-/m1/s1. The zero-order valence-corrected chi connectivity index (χ0v) is 16.5. The van der Waals surface area contributed by atoms with Gasteiger partial charge in [0.2, 0.25) is 0 Å². The van der Waals surface area contributed by atoms with E-state index in [-0.39, 0.29) is 18.4 Å². The van der Waals surface area contributed by atoms with Gasteiger partial charge in [0.15, 0.2) is 6.61 Å². The number of anilines is 1. The fourth-order valence-corrected chi connectivity index (χ4v) is 2.99. The summed E-state index contributed by atoms with van der Waals surface area (Å²) in [5.41, 5.74) is -0.183. The summed E-state index contributed by atoms with van der Waals surface area (Å²) in [6.07, 6.45) is 1.51. The lowest BCUT2D eigenvalue weighted by atomic mass is 9.99. The van der Waals surface area contributed by atoms with Crippen molar-refractivity contribution in [1.82, 2.24) is 4.90 Å². The van der Waals surface area contributed by atoms with Gasteiger partial charge in [-0.25, -0.2) is 0 Å². The molecular weight excluding hydrogens is 348 g/mol. The van der Waals surface area contributed by atoms with Gasteiger partial charge in [0, 0.05) is 25.4 Å². The fourth-order valence-electron chi connectivity index (χ4n) is 2.99. The van der Waals surface area contributed by atoms with E-state index in [2.05, 4.69) is 5.32 Å². The molecule has 1 fully saturated rings. The zero-order chi connectivity index (χ0) is 19.7. The molecule has 1 aliphatic rings. The number of ether oxygens (including phenoxy) is 3. The highest BCUT2D eigenvalue weighted by molar-refractivity contribution is 5.97. The molecular formula is C20H30N2O5. The van der Waals surface area contributed by atoms with Crippen LogP contribution in [0.2, 0.25) is 0 Å². The highest BCUT2D eigenvalue weighted by Gasteiger charge is 2.32. The number of carbonyl (C=O) groups excluding carboxylic acids is 2. The Labute approximate surface area is 161 Å². The maximum atomic E-state index is 12.6. The minimum Gasteiger partial charge on any atom is -0.484 e. The molecule has 1 aliphatic heterocycles. The molecule has 0 spiro atoms. The molecule has 0 unspecified atom stereocenters. The van der Waals surface area contributed by atoms with Crippen LogP contribution in [0.25, 0.3) is 0 Å². The molecule has 0 aliphatic carbocycles. The van der Waals surface area contributed by atoms with Gasteiger partial charge < -0.3 is 24.4 Å². The minimum atomic E-state index is -0.844. The maximum Gasteiger partial charge on any atom is 0.260 e. The van der Waals surface area contributed by atoms with E-state index < -0.39 is 5.60 Å². The summed E-state index contributed by atoms with van der Waals surface area (Å²) in [6, 6.07) is 6.98. The smallest absolute Gasteiger partial charge is 0.260 e. The largest absolute Gasteiger partial charge is 0.484 e. The SMILES string of the molecule is CCC[C@@](C)(OCC)C(=O)Nc1ccc(OCC(=O)N2CCOCC2)cc1. The van der Waals surface area contributed by atoms with Gasteiger partial charge in [0.1, 0.15) is 11.4 Å². The molecule has 27 heavy (non-hydrogen) atoms. The van der Waals surface area contributed by atoms with E-state index in [1.807, 2.05) is 20.8 Å². The van der Waals surface area contributed by atoms with Gasteiger partial charge in [-0.15, -0.1) is 0 Å². The van der Waals surface area contributed by atoms with E-state index >= 15 is 0 Å². The van der Waals surface area contributed by atoms with E-state index in [1.165, 1.54) is 0 Å². The molecule has 7 heteroatoms. The summed E-state index contributed by atoms with van der Waals surface area (Å²) >= 11 is 0. The van der Waals surface area contributed by atoms with Gasteiger partial charge >= 0.3 is 0 Å². The first-order valence-corrected chi connectivity index (χ1v) is 9.52. The first-order chi connectivity index (χ1) is 13.0. The normalized spacial score (nSPS) is 16.5. The molecule has 1 heterocycles. The molecule has 1 aromatic rings. The van der Waals surface area contributed by atoms with Crippen molar-refractivity contribution in [2.75, 3.05) is 44.8 Å². The van der Waals surface area contributed by atoms with Crippen molar-refractivity contribution in [2.45, 2.75) is 39.2 Å². The van der Waals surface area contributed by atoms with Crippen molar-refractivity contribution in [2.24, 2.45) is 0 Å². The molecule has 2 rings (SSSR count). The van der Waals surface area contributed by atoms with E-state index in [9.17, 15) is 9.59 Å². The Morgan fingerprint density at radius 3 is 2.44 bits per heavy atom. The van der Waals surface area contributed by atoms with Crippen LogP contribution in [0.15, 0.2) is 24.3 Å². The molecule has 7 nitrogen and oxygen atoms in total. The number of nitrogens with zero attached hydrogens (tertiary/aromatic N) is 1. The van der Waals surface area contributed by atoms with Gasteiger partial charge in [-0.05, 0) is 44.5 Å². The Bertz CT molecular complexity index is 605. The van der Waals surface area contributed by atoms with Crippen LogP contribution in [0.1, 0.15) is 33.6 Å². The van der Waals surface area contributed by atoms with Gasteiger partial charge in [0.05, 0.1) is 13.2 Å². The first kappa shape index (κ1) is 21.2. The second-order valence-electron chi connectivity index (χ2n) is 6.67. The molecule has 1 aromatic carbocycles. The van der Waals surface area contributed by atoms with Gasteiger partial charge in [-0.3, -0.25) is 9.59 Å². The maximum absolute atomic E-state index is 12.6. The van der Waals surface area contributed by atoms with Gasteiger partial charge in [-0.2, -0.15) is 0 Å². The predicted molar refractivity (Wildman–Crippen MR) is 103 cm³/mol. The fraction of sp³-hybridized carbons (Fsp3) is 0.600. The van der Waals surface area contributed by atoms with Gasteiger partial charge in [-0.1, -0.05) is 13.3 Å². The first-order valence-electron chi connectivity index (χ1n) is 9.52. The molecule has 150 valence electrons. The number of rotatable bonds is 9. The Kier molecular flexibility index (Phi) is 8.06. The number of hydrogen-bond acceptors (Lipinski definition) is 5. The van der Waals surface area contributed by atoms with Crippen LogP contribution < -0.4 is 10.1 Å². The topological polar surface area (TPSA) is 77.1 Å². The number of morpholine rings is 1. The summed E-state index contributed by atoms with van der Waals surface area (Å²) in [4.78, 5) is 26.4. The van der Waals surface area contributed by atoms with E-state index in [0.29, 0.717) is 50.8 Å². The molecule has 1 saturated heterocycles. The van der Waals surface area contributed by atoms with Crippen molar-refractivity contribution in [1.29, 1.82) is 0 Å². The van der Waals surface area contributed by atoms with Crippen LogP contribution in [0.5, 0.6) is 5.75 Å². The van der Waals surface area contributed by atoms with Crippen molar-refractivity contribution in [3.8, 4) is 5.75 Å². The molecule has 0 radical (unpaired) electrons. The third-order valence-corrected chi connectivity index (χ3v) is 4.51. The minimum absolute atomic E-state index is 0.00931. The molecule has 0 saturated carbocycles. The molecule has 0 bridgehead atoms. The second-order valence-corrected chi connectivity index (χ2v) is 6.67. The third-order valence-electron chi connectivity index (χ3n) is 4.51. The quantitative estimate of drug-likeness (QED) is 0.714. The van der Waals surface area contributed by atoms with Crippen LogP contribution in [0.3, 0.4) is 0 Å². The average molecular weight is 378 g/mol. The Hall–Kier alpha value is -2.12. The van der Waals surface area contributed by atoms with Crippen molar-refractivity contribution >= 4 is 17.5 Å². The lowest BCUT2D eigenvalue weighted by molar-refractivity contribution is -0.139. The number of carbonyl (C=O) groups is 2. The summed E-state index contributed by atoms with van der Waals surface area (Å²) in [5.74, 6) is 0.362.